The van der Waals surface area contributed by atoms with E-state index in [1.54, 1.807) is 12.4 Å². The molecule has 5 aliphatic rings. The molecule has 8 rings (SSSR count). The van der Waals surface area contributed by atoms with Crippen LogP contribution in [0.2, 0.25) is 0 Å². The number of nitrogens with zero attached hydrogens (tertiary/aromatic N) is 6. The molecule has 0 radical (unpaired) electrons. The second-order valence-corrected chi connectivity index (χ2v) is 16.9. The molecular formula is C41H51F2N7O4. The lowest BCUT2D eigenvalue weighted by molar-refractivity contribution is -0.155. The van der Waals surface area contributed by atoms with Crippen LogP contribution in [0.1, 0.15) is 113 Å². The highest BCUT2D eigenvalue weighted by atomic mass is 19.3. The SMILES string of the molecule is CC1CC2CC(C)C(NC(=O)c3cnc(N4CC5(CCCCC5)c5cc(OC6CCN(c7ncccn7)CC6)ccc54)nc3C(C)(F)F)(C(=O)O)C(C1)C2. The van der Waals surface area contributed by atoms with Gasteiger partial charge >= 0.3 is 5.97 Å². The number of ether oxygens (including phenoxy) is 1. The van der Waals surface area contributed by atoms with Crippen LogP contribution in [-0.2, 0) is 16.1 Å². The highest BCUT2D eigenvalue weighted by molar-refractivity contribution is 5.99. The van der Waals surface area contributed by atoms with E-state index in [1.165, 1.54) is 0 Å². The van der Waals surface area contributed by atoms with Crippen molar-refractivity contribution in [3.63, 3.8) is 0 Å². The predicted molar refractivity (Wildman–Crippen MR) is 199 cm³/mol. The molecule has 1 aromatic carbocycles. The second kappa shape index (κ2) is 14.0. The minimum Gasteiger partial charge on any atom is -0.490 e. The highest BCUT2D eigenvalue weighted by Gasteiger charge is 2.57. The van der Waals surface area contributed by atoms with Gasteiger partial charge in [-0.1, -0.05) is 33.1 Å². The van der Waals surface area contributed by atoms with E-state index in [0.717, 1.165) is 101 Å². The van der Waals surface area contributed by atoms with Crippen molar-refractivity contribution in [3.8, 4) is 5.75 Å². The number of alkyl halides is 2. The van der Waals surface area contributed by atoms with Gasteiger partial charge in [-0.05, 0) is 92.0 Å². The first kappa shape index (κ1) is 36.6. The molecule has 2 aliphatic heterocycles. The number of aliphatic carboxylic acids is 1. The van der Waals surface area contributed by atoms with Crippen LogP contribution < -0.4 is 19.9 Å². The maximum atomic E-state index is 15.5. The average Bonchev–Trinajstić information content (AvgIpc) is 3.45. The minimum atomic E-state index is -3.49. The third kappa shape index (κ3) is 6.55. The van der Waals surface area contributed by atoms with Crippen LogP contribution in [0.5, 0.6) is 5.75 Å². The summed E-state index contributed by atoms with van der Waals surface area (Å²) in [4.78, 5) is 48.9. The van der Waals surface area contributed by atoms with Crippen molar-refractivity contribution in [3.05, 3.63) is 59.7 Å². The van der Waals surface area contributed by atoms with Crippen molar-refractivity contribution >= 4 is 29.5 Å². The van der Waals surface area contributed by atoms with Gasteiger partial charge in [0.2, 0.25) is 11.9 Å². The lowest BCUT2D eigenvalue weighted by Gasteiger charge is -2.52. The summed E-state index contributed by atoms with van der Waals surface area (Å²) in [6, 6.07) is 7.85. The Morgan fingerprint density at radius 2 is 1.72 bits per heavy atom. The standard InChI is InChI=1S/C41H51F2N7O4/c1-25-18-27-20-26(2)41(36(52)53,28(19-25)21-27)48-35(51)31-23-46-38(47-34(31)39(3,42)43)50-24-40(12-5-4-6-13-40)32-22-30(8-9-33(32)50)54-29-10-16-49(17-11-29)37-44-14-7-15-45-37/h7-9,14-15,22-23,25-29H,4-6,10-13,16-21,24H2,1-3H3,(H,48,51)(H,52,53). The lowest BCUT2D eigenvalue weighted by atomic mass is 9.56. The number of carbonyl (C=O) groups excluding carboxylic acids is 1. The Labute approximate surface area is 315 Å². The zero-order valence-electron chi connectivity index (χ0n) is 31.4. The number of carboxylic acid groups (broad SMARTS) is 1. The van der Waals surface area contributed by atoms with E-state index in [4.69, 9.17) is 4.74 Å². The summed E-state index contributed by atoms with van der Waals surface area (Å²) in [6.45, 7) is 6.81. The van der Waals surface area contributed by atoms with Crippen molar-refractivity contribution in [1.82, 2.24) is 25.3 Å². The zero-order valence-corrected chi connectivity index (χ0v) is 31.4. The van der Waals surface area contributed by atoms with Crippen molar-refractivity contribution in [1.29, 1.82) is 0 Å². The molecule has 3 saturated carbocycles. The Hall–Kier alpha value is -4.42. The Balaban J connectivity index is 1.07. The summed E-state index contributed by atoms with van der Waals surface area (Å²) in [6.07, 6.45) is 14.6. The van der Waals surface area contributed by atoms with Crippen molar-refractivity contribution in [2.75, 3.05) is 29.4 Å². The van der Waals surface area contributed by atoms with Crippen LogP contribution >= 0.6 is 0 Å². The molecular weight excluding hydrogens is 692 g/mol. The molecule has 1 spiro atoms. The van der Waals surface area contributed by atoms with Gasteiger partial charge in [0.15, 0.2) is 0 Å². The molecule has 3 aliphatic carbocycles. The number of hydrogen-bond donors (Lipinski definition) is 2. The molecule has 5 unspecified atom stereocenters. The Morgan fingerprint density at radius 3 is 2.43 bits per heavy atom. The fourth-order valence-electron chi connectivity index (χ4n) is 10.7. The molecule has 4 fully saturated rings. The number of carbonyl (C=O) groups is 2. The van der Waals surface area contributed by atoms with Crippen molar-refractivity contribution in [2.24, 2.45) is 23.7 Å². The molecule has 2 bridgehead atoms. The summed E-state index contributed by atoms with van der Waals surface area (Å²) >= 11 is 0. The summed E-state index contributed by atoms with van der Waals surface area (Å²) < 4.78 is 37.6. The highest BCUT2D eigenvalue weighted by Crippen LogP contribution is 2.53. The van der Waals surface area contributed by atoms with Gasteiger partial charge in [-0.2, -0.15) is 8.78 Å². The fraction of sp³-hybridized carbons (Fsp3) is 0.610. The Morgan fingerprint density at radius 1 is 0.981 bits per heavy atom. The average molecular weight is 744 g/mol. The van der Waals surface area contributed by atoms with Crippen molar-refractivity contribution < 1.29 is 28.2 Å². The number of aromatic nitrogens is 4. The van der Waals surface area contributed by atoms with Gasteiger partial charge in [0.25, 0.3) is 11.8 Å². The van der Waals surface area contributed by atoms with E-state index in [0.29, 0.717) is 37.6 Å². The van der Waals surface area contributed by atoms with E-state index in [9.17, 15) is 14.7 Å². The number of nitrogens with one attached hydrogen (secondary N) is 1. The summed E-state index contributed by atoms with van der Waals surface area (Å²) in [5.41, 5.74) is -0.914. The molecule has 288 valence electrons. The maximum absolute atomic E-state index is 15.5. The number of anilines is 3. The van der Waals surface area contributed by atoms with E-state index >= 15 is 8.78 Å². The molecule has 13 heteroatoms. The van der Waals surface area contributed by atoms with Crippen molar-refractivity contribution in [2.45, 2.75) is 114 Å². The molecule has 2 N–H and O–H groups in total. The normalized spacial score (nSPS) is 28.1. The van der Waals surface area contributed by atoms with Gasteiger partial charge in [0, 0.05) is 69.1 Å². The number of rotatable bonds is 8. The predicted octanol–water partition coefficient (Wildman–Crippen LogP) is 7.43. The number of hydrogen-bond acceptors (Lipinski definition) is 9. The van der Waals surface area contributed by atoms with Gasteiger partial charge in [0.1, 0.15) is 23.1 Å². The van der Waals surface area contributed by atoms with Gasteiger partial charge in [-0.3, -0.25) is 4.79 Å². The molecule has 5 atom stereocenters. The number of piperidine rings is 1. The quantitative estimate of drug-likeness (QED) is 0.240. The number of benzene rings is 1. The second-order valence-electron chi connectivity index (χ2n) is 16.9. The molecule has 1 amide bonds. The summed E-state index contributed by atoms with van der Waals surface area (Å²) in [5, 5.41) is 13.4. The van der Waals surface area contributed by atoms with E-state index in [2.05, 4.69) is 43.1 Å². The number of carboxylic acids is 1. The zero-order chi connectivity index (χ0) is 37.8. The minimum absolute atomic E-state index is 0.0407. The molecule has 4 heterocycles. The van der Waals surface area contributed by atoms with Crippen LogP contribution in [0.3, 0.4) is 0 Å². The topological polar surface area (TPSA) is 134 Å². The molecule has 1 saturated heterocycles. The largest absolute Gasteiger partial charge is 0.490 e. The van der Waals surface area contributed by atoms with Gasteiger partial charge in [-0.25, -0.2) is 24.7 Å². The summed E-state index contributed by atoms with van der Waals surface area (Å²) in [7, 11) is 0. The Bertz CT molecular complexity index is 1870. The van der Waals surface area contributed by atoms with Gasteiger partial charge < -0.3 is 25.0 Å². The number of halogens is 2. The third-order valence-electron chi connectivity index (χ3n) is 13.2. The van der Waals surface area contributed by atoms with Crippen LogP contribution in [0.15, 0.2) is 42.9 Å². The summed E-state index contributed by atoms with van der Waals surface area (Å²) in [5.74, 6) is -3.82. The van der Waals surface area contributed by atoms with Crippen LogP contribution in [-0.4, -0.2) is 68.2 Å². The molecule has 3 aromatic rings. The first-order valence-corrected chi connectivity index (χ1v) is 19.8. The first-order chi connectivity index (χ1) is 25.9. The van der Waals surface area contributed by atoms with Gasteiger partial charge in [0.05, 0.1) is 5.56 Å². The van der Waals surface area contributed by atoms with Crippen LogP contribution in [0, 0.1) is 23.7 Å². The molecule has 2 aromatic heterocycles. The molecule has 11 nitrogen and oxygen atoms in total. The third-order valence-corrected chi connectivity index (χ3v) is 13.2. The number of amides is 1. The maximum Gasteiger partial charge on any atom is 0.329 e. The Kier molecular flexibility index (Phi) is 9.49. The fourth-order valence-corrected chi connectivity index (χ4v) is 10.7. The van der Waals surface area contributed by atoms with E-state index in [1.807, 2.05) is 30.0 Å². The lowest BCUT2D eigenvalue weighted by Crippen LogP contribution is -2.66. The van der Waals surface area contributed by atoms with Crippen LogP contribution in [0.4, 0.5) is 26.4 Å². The smallest absolute Gasteiger partial charge is 0.329 e. The van der Waals surface area contributed by atoms with E-state index in [-0.39, 0.29) is 29.3 Å². The number of fused-ring (bicyclic) bond motifs is 4. The first-order valence-electron chi connectivity index (χ1n) is 19.8. The van der Waals surface area contributed by atoms with Crippen LogP contribution in [0.25, 0.3) is 0 Å². The molecule has 54 heavy (non-hydrogen) atoms. The van der Waals surface area contributed by atoms with E-state index < -0.39 is 34.6 Å². The van der Waals surface area contributed by atoms with Gasteiger partial charge in [-0.15, -0.1) is 0 Å². The monoisotopic (exact) mass is 743 g/mol.